The molecule has 0 unspecified atom stereocenters. The summed E-state index contributed by atoms with van der Waals surface area (Å²) in [6.45, 7) is 2.21. The van der Waals surface area contributed by atoms with Crippen LogP contribution in [0.3, 0.4) is 0 Å². The molecule has 2 aromatic rings. The van der Waals surface area contributed by atoms with Crippen molar-refractivity contribution in [1.82, 2.24) is 9.97 Å². The fraction of sp³-hybridized carbons (Fsp3) is 0.524. The van der Waals surface area contributed by atoms with Gasteiger partial charge in [0.2, 0.25) is 0 Å². The fourth-order valence-electron chi connectivity index (χ4n) is 2.79. The predicted octanol–water partition coefficient (Wildman–Crippen LogP) is 6.67. The van der Waals surface area contributed by atoms with E-state index in [0.717, 1.165) is 18.4 Å². The summed E-state index contributed by atoms with van der Waals surface area (Å²) in [6.07, 6.45) is 4.71. The number of aryl methyl sites for hydroxylation is 1. The molecule has 0 saturated carbocycles. The third-order valence-corrected chi connectivity index (χ3v) is 4.39. The van der Waals surface area contributed by atoms with Crippen molar-refractivity contribution in [3.05, 3.63) is 42.2 Å². The van der Waals surface area contributed by atoms with Crippen molar-refractivity contribution in [2.24, 2.45) is 0 Å². The van der Waals surface area contributed by atoms with Crippen LogP contribution in [-0.4, -0.2) is 22.5 Å². The topological polar surface area (TPSA) is 35.0 Å². The number of alkyl halides is 4. The minimum atomic E-state index is -4.52. The summed E-state index contributed by atoms with van der Waals surface area (Å²) in [6, 6.07) is 5.31. The largest absolute Gasteiger partial charge is 0.461 e. The Hall–Kier alpha value is -2.18. The first-order valence-corrected chi connectivity index (χ1v) is 9.68. The van der Waals surface area contributed by atoms with E-state index in [1.165, 1.54) is 62.8 Å². The summed E-state index contributed by atoms with van der Waals surface area (Å²) in [5.74, 6) is 0.0973. The molecule has 0 fully saturated rings. The van der Waals surface area contributed by atoms with Gasteiger partial charge in [0.15, 0.2) is 5.82 Å². The first-order valence-electron chi connectivity index (χ1n) is 9.68. The highest BCUT2D eigenvalue weighted by molar-refractivity contribution is 5.55. The molecule has 2 rings (SSSR count). The van der Waals surface area contributed by atoms with Crippen LogP contribution in [0.5, 0.6) is 5.75 Å². The summed E-state index contributed by atoms with van der Waals surface area (Å²) in [7, 11) is 0. The molecular formula is C21H26F4N2O. The van der Waals surface area contributed by atoms with Crippen molar-refractivity contribution in [3.63, 3.8) is 0 Å². The Bertz CT molecular complexity index is 691. The Balaban J connectivity index is 1.82. The molecule has 0 aliphatic carbocycles. The number of halogens is 4. The number of unbranched alkanes of at least 4 members (excludes halogenated alkanes) is 6. The van der Waals surface area contributed by atoms with Crippen LogP contribution < -0.4 is 4.74 Å². The molecule has 0 radical (unpaired) electrons. The summed E-state index contributed by atoms with van der Waals surface area (Å²) in [5.41, 5.74) is 1.64. The minimum absolute atomic E-state index is 0.343. The second kappa shape index (κ2) is 11.0. The second-order valence-electron chi connectivity index (χ2n) is 6.78. The van der Waals surface area contributed by atoms with Crippen LogP contribution >= 0.6 is 0 Å². The zero-order chi connectivity index (χ0) is 20.4. The van der Waals surface area contributed by atoms with E-state index in [0.29, 0.717) is 11.4 Å². The molecule has 7 heteroatoms. The van der Waals surface area contributed by atoms with Gasteiger partial charge in [-0.1, -0.05) is 45.4 Å². The van der Waals surface area contributed by atoms with Gasteiger partial charge in [-0.25, -0.2) is 9.97 Å². The molecule has 154 valence electrons. The maximum Gasteiger partial charge on any atom is 0.461 e. The van der Waals surface area contributed by atoms with Crippen molar-refractivity contribution in [2.75, 3.05) is 0 Å². The Morgan fingerprint density at radius 1 is 0.893 bits per heavy atom. The van der Waals surface area contributed by atoms with E-state index >= 15 is 0 Å². The van der Waals surface area contributed by atoms with Crippen molar-refractivity contribution < 1.29 is 22.3 Å². The lowest BCUT2D eigenvalue weighted by Crippen LogP contribution is -2.33. The molecule has 0 atom stereocenters. The van der Waals surface area contributed by atoms with Gasteiger partial charge in [-0.15, -0.1) is 0 Å². The Morgan fingerprint density at radius 2 is 1.46 bits per heavy atom. The smallest absolute Gasteiger partial charge is 0.428 e. The molecule has 1 heterocycles. The molecule has 1 aromatic heterocycles. The Kier molecular flexibility index (Phi) is 8.67. The van der Waals surface area contributed by atoms with Gasteiger partial charge in [0.1, 0.15) is 5.75 Å². The first kappa shape index (κ1) is 22.1. The van der Waals surface area contributed by atoms with Gasteiger partial charge in [0.25, 0.3) is 0 Å². The SMILES string of the molecule is CCCCCCCCCc1cnc(-c2ccc(OC(F)(F)C(F)F)cc2)nc1. The highest BCUT2D eigenvalue weighted by atomic mass is 19.3. The van der Waals surface area contributed by atoms with Gasteiger partial charge >= 0.3 is 12.5 Å². The molecule has 0 bridgehead atoms. The summed E-state index contributed by atoms with van der Waals surface area (Å²) < 4.78 is 54.2. The van der Waals surface area contributed by atoms with Crippen LogP contribution in [0.25, 0.3) is 11.4 Å². The standard InChI is InChI=1S/C21H26F4N2O/c1-2-3-4-5-6-7-8-9-16-14-26-19(27-15-16)17-10-12-18(13-11-17)28-21(24,25)20(22)23/h10-15,20H,2-9H2,1H3. The van der Waals surface area contributed by atoms with Gasteiger partial charge in [-0.3, -0.25) is 0 Å². The molecular weight excluding hydrogens is 372 g/mol. The van der Waals surface area contributed by atoms with E-state index < -0.39 is 12.5 Å². The van der Waals surface area contributed by atoms with Gasteiger partial charge in [0, 0.05) is 18.0 Å². The Morgan fingerprint density at radius 3 is 2.04 bits per heavy atom. The summed E-state index contributed by atoms with van der Waals surface area (Å²) in [4.78, 5) is 8.60. The van der Waals surface area contributed by atoms with Gasteiger partial charge in [-0.05, 0) is 42.7 Å². The zero-order valence-corrected chi connectivity index (χ0v) is 16.0. The second-order valence-corrected chi connectivity index (χ2v) is 6.78. The molecule has 0 aliphatic rings. The maximum absolute atomic E-state index is 12.9. The predicted molar refractivity (Wildman–Crippen MR) is 101 cm³/mol. The number of aromatic nitrogens is 2. The zero-order valence-electron chi connectivity index (χ0n) is 16.0. The van der Waals surface area contributed by atoms with E-state index in [1.807, 2.05) is 0 Å². The van der Waals surface area contributed by atoms with E-state index in [2.05, 4.69) is 21.6 Å². The van der Waals surface area contributed by atoms with E-state index in [-0.39, 0.29) is 5.75 Å². The minimum Gasteiger partial charge on any atom is -0.428 e. The molecule has 0 saturated heterocycles. The summed E-state index contributed by atoms with van der Waals surface area (Å²) in [5, 5.41) is 0. The van der Waals surface area contributed by atoms with Crippen molar-refractivity contribution in [2.45, 2.75) is 70.8 Å². The average molecular weight is 398 g/mol. The maximum atomic E-state index is 12.9. The number of hydrogen-bond donors (Lipinski definition) is 0. The van der Waals surface area contributed by atoms with E-state index in [4.69, 9.17) is 0 Å². The van der Waals surface area contributed by atoms with E-state index in [9.17, 15) is 17.6 Å². The van der Waals surface area contributed by atoms with Crippen LogP contribution in [-0.2, 0) is 6.42 Å². The lowest BCUT2D eigenvalue weighted by atomic mass is 10.1. The molecule has 0 N–H and O–H groups in total. The molecule has 3 nitrogen and oxygen atoms in total. The normalized spacial score (nSPS) is 11.8. The number of hydrogen-bond acceptors (Lipinski definition) is 3. The molecule has 1 aromatic carbocycles. The van der Waals surface area contributed by atoms with Crippen LogP contribution in [0.15, 0.2) is 36.7 Å². The monoisotopic (exact) mass is 398 g/mol. The first-order chi connectivity index (χ1) is 13.4. The molecule has 28 heavy (non-hydrogen) atoms. The fourth-order valence-corrected chi connectivity index (χ4v) is 2.79. The third kappa shape index (κ3) is 7.09. The van der Waals surface area contributed by atoms with Crippen LogP contribution in [0.1, 0.15) is 57.4 Å². The Labute approximate surface area is 163 Å². The third-order valence-electron chi connectivity index (χ3n) is 4.39. The average Bonchev–Trinajstić information content (AvgIpc) is 2.68. The van der Waals surface area contributed by atoms with Crippen LogP contribution in [0, 0.1) is 0 Å². The van der Waals surface area contributed by atoms with Crippen molar-refractivity contribution in [1.29, 1.82) is 0 Å². The molecule has 0 spiro atoms. The molecule has 0 amide bonds. The van der Waals surface area contributed by atoms with Gasteiger partial charge in [0.05, 0.1) is 0 Å². The van der Waals surface area contributed by atoms with Crippen molar-refractivity contribution in [3.8, 4) is 17.1 Å². The molecule has 0 aliphatic heterocycles. The number of rotatable bonds is 12. The van der Waals surface area contributed by atoms with Gasteiger partial charge < -0.3 is 4.74 Å². The van der Waals surface area contributed by atoms with Crippen LogP contribution in [0.4, 0.5) is 17.6 Å². The van der Waals surface area contributed by atoms with Crippen LogP contribution in [0.2, 0.25) is 0 Å². The highest BCUT2D eigenvalue weighted by Crippen LogP contribution is 2.28. The highest BCUT2D eigenvalue weighted by Gasteiger charge is 2.43. The van der Waals surface area contributed by atoms with Crippen molar-refractivity contribution >= 4 is 0 Å². The number of ether oxygens (including phenoxy) is 1. The lowest BCUT2D eigenvalue weighted by Gasteiger charge is -2.16. The van der Waals surface area contributed by atoms with E-state index in [1.54, 1.807) is 12.4 Å². The quantitative estimate of drug-likeness (QED) is 0.296. The number of benzene rings is 1. The van der Waals surface area contributed by atoms with Gasteiger partial charge in [-0.2, -0.15) is 17.6 Å². The number of nitrogens with zero attached hydrogens (tertiary/aromatic N) is 2. The lowest BCUT2D eigenvalue weighted by molar-refractivity contribution is -0.253. The summed E-state index contributed by atoms with van der Waals surface area (Å²) >= 11 is 0.